The Balaban J connectivity index is 1.56. The van der Waals surface area contributed by atoms with Crippen LogP contribution in [0.4, 0.5) is 5.69 Å². The molecule has 140 valence electrons. The molecule has 3 aromatic rings. The van der Waals surface area contributed by atoms with E-state index >= 15 is 0 Å². The molecule has 0 spiro atoms. The van der Waals surface area contributed by atoms with Gasteiger partial charge in [0.1, 0.15) is 11.8 Å². The number of benzene rings is 1. The molecule has 0 bridgehead atoms. The van der Waals surface area contributed by atoms with Crippen LogP contribution < -0.4 is 10.1 Å². The smallest absolute Gasteiger partial charge is 0.274 e. The molecule has 1 N–H and O–H groups in total. The molecule has 4 rings (SSSR count). The fraction of sp³-hybridized carbons (Fsp3) is 0.350. The summed E-state index contributed by atoms with van der Waals surface area (Å²) in [5.74, 6) is 0.700. The van der Waals surface area contributed by atoms with E-state index in [9.17, 15) is 4.79 Å². The van der Waals surface area contributed by atoms with Gasteiger partial charge >= 0.3 is 0 Å². The van der Waals surface area contributed by atoms with Crippen molar-refractivity contribution >= 4 is 22.5 Å². The zero-order valence-electron chi connectivity index (χ0n) is 15.4. The first-order valence-electron chi connectivity index (χ1n) is 9.05. The van der Waals surface area contributed by atoms with Crippen molar-refractivity contribution in [3.8, 4) is 5.88 Å². The molecule has 1 fully saturated rings. The summed E-state index contributed by atoms with van der Waals surface area (Å²) < 4.78 is 13.4. The predicted octanol–water partition coefficient (Wildman–Crippen LogP) is 3.02. The SMILES string of the molecule is CC1COCCC1Oc1nn(C)c2cc(NC(=O)c3ccccn3)ccc12. The third kappa shape index (κ3) is 3.64. The highest BCUT2D eigenvalue weighted by molar-refractivity contribution is 6.03. The Hall–Kier alpha value is -2.93. The van der Waals surface area contributed by atoms with Crippen LogP contribution in [0.3, 0.4) is 0 Å². The molecule has 27 heavy (non-hydrogen) atoms. The van der Waals surface area contributed by atoms with Crippen LogP contribution in [0.15, 0.2) is 42.6 Å². The zero-order chi connectivity index (χ0) is 18.8. The van der Waals surface area contributed by atoms with Gasteiger partial charge in [-0.3, -0.25) is 14.5 Å². The van der Waals surface area contributed by atoms with Gasteiger partial charge in [0, 0.05) is 31.3 Å². The standard InChI is InChI=1S/C20H22N4O3/c1-13-12-26-10-8-18(13)27-20-15-7-6-14(11-17(15)24(2)23-20)22-19(25)16-5-3-4-9-21-16/h3-7,9,11,13,18H,8,10,12H2,1-2H3,(H,22,25). The van der Waals surface area contributed by atoms with Crippen LogP contribution in [-0.4, -0.2) is 40.0 Å². The van der Waals surface area contributed by atoms with Gasteiger partial charge in [-0.25, -0.2) is 0 Å². The quantitative estimate of drug-likeness (QED) is 0.768. The van der Waals surface area contributed by atoms with Crippen molar-refractivity contribution < 1.29 is 14.3 Å². The lowest BCUT2D eigenvalue weighted by Gasteiger charge is -2.28. The molecular formula is C20H22N4O3. The van der Waals surface area contributed by atoms with Gasteiger partial charge in [0.25, 0.3) is 5.91 Å². The van der Waals surface area contributed by atoms with Crippen LogP contribution in [0.25, 0.3) is 10.9 Å². The average Bonchev–Trinajstić information content (AvgIpc) is 2.99. The number of nitrogens with zero attached hydrogens (tertiary/aromatic N) is 3. The van der Waals surface area contributed by atoms with Gasteiger partial charge in [-0.05, 0) is 30.3 Å². The number of pyridine rings is 1. The second-order valence-corrected chi connectivity index (χ2v) is 6.83. The van der Waals surface area contributed by atoms with Crippen LogP contribution in [0.2, 0.25) is 0 Å². The molecule has 1 aliphatic heterocycles. The molecule has 1 amide bonds. The number of nitrogens with one attached hydrogen (secondary N) is 1. The molecule has 7 heteroatoms. The Labute approximate surface area is 157 Å². The normalized spacial score (nSPS) is 19.8. The van der Waals surface area contributed by atoms with Gasteiger partial charge in [-0.1, -0.05) is 13.0 Å². The topological polar surface area (TPSA) is 78.3 Å². The number of anilines is 1. The van der Waals surface area contributed by atoms with Crippen molar-refractivity contribution in [1.82, 2.24) is 14.8 Å². The maximum absolute atomic E-state index is 12.3. The summed E-state index contributed by atoms with van der Waals surface area (Å²) in [5, 5.41) is 8.32. The van der Waals surface area contributed by atoms with Crippen LogP contribution >= 0.6 is 0 Å². The van der Waals surface area contributed by atoms with Gasteiger partial charge in [-0.2, -0.15) is 0 Å². The summed E-state index contributed by atoms with van der Waals surface area (Å²) in [4.78, 5) is 16.4. The van der Waals surface area contributed by atoms with E-state index in [0.717, 1.165) is 17.3 Å². The first kappa shape index (κ1) is 17.5. The summed E-state index contributed by atoms with van der Waals surface area (Å²) in [6, 6.07) is 10.9. The molecule has 2 unspecified atom stereocenters. The van der Waals surface area contributed by atoms with Crippen molar-refractivity contribution in [3.05, 3.63) is 48.3 Å². The lowest BCUT2D eigenvalue weighted by atomic mass is 10.0. The fourth-order valence-electron chi connectivity index (χ4n) is 3.26. The number of aromatic nitrogens is 3. The summed E-state index contributed by atoms with van der Waals surface area (Å²) in [7, 11) is 1.87. The van der Waals surface area contributed by atoms with Gasteiger partial charge in [0.15, 0.2) is 0 Å². The molecule has 0 radical (unpaired) electrons. The first-order chi connectivity index (χ1) is 13.1. The first-order valence-corrected chi connectivity index (χ1v) is 9.05. The molecular weight excluding hydrogens is 344 g/mol. The minimum absolute atomic E-state index is 0.0976. The van der Waals surface area contributed by atoms with Gasteiger partial charge < -0.3 is 14.8 Å². The second kappa shape index (κ2) is 7.36. The zero-order valence-corrected chi connectivity index (χ0v) is 15.4. The highest BCUT2D eigenvalue weighted by atomic mass is 16.5. The molecule has 3 heterocycles. The number of rotatable bonds is 4. The molecule has 1 aliphatic rings. The van der Waals surface area contributed by atoms with Crippen molar-refractivity contribution in [1.29, 1.82) is 0 Å². The van der Waals surface area contributed by atoms with E-state index in [1.807, 2.05) is 25.2 Å². The average molecular weight is 366 g/mol. The molecule has 2 atom stereocenters. The summed E-state index contributed by atoms with van der Waals surface area (Å²) >= 11 is 0. The summed E-state index contributed by atoms with van der Waals surface area (Å²) in [6.07, 6.45) is 2.55. The minimum Gasteiger partial charge on any atom is -0.472 e. The van der Waals surface area contributed by atoms with Crippen LogP contribution in [0.5, 0.6) is 5.88 Å². The van der Waals surface area contributed by atoms with E-state index in [2.05, 4.69) is 22.3 Å². The number of carbonyl (C=O) groups excluding carboxylic acids is 1. The Morgan fingerprint density at radius 1 is 1.33 bits per heavy atom. The van der Waals surface area contributed by atoms with E-state index in [4.69, 9.17) is 9.47 Å². The second-order valence-electron chi connectivity index (χ2n) is 6.83. The Morgan fingerprint density at radius 3 is 3.00 bits per heavy atom. The van der Waals surface area contributed by atoms with E-state index in [1.54, 1.807) is 29.1 Å². The maximum Gasteiger partial charge on any atom is 0.274 e. The van der Waals surface area contributed by atoms with E-state index in [1.165, 1.54) is 0 Å². The maximum atomic E-state index is 12.3. The number of carbonyl (C=O) groups is 1. The highest BCUT2D eigenvalue weighted by Gasteiger charge is 2.25. The number of amides is 1. The minimum atomic E-state index is -0.246. The third-order valence-corrected chi connectivity index (χ3v) is 4.80. The molecule has 1 aromatic carbocycles. The largest absolute Gasteiger partial charge is 0.472 e. The van der Waals surface area contributed by atoms with Gasteiger partial charge in [0.2, 0.25) is 5.88 Å². The van der Waals surface area contributed by atoms with Crippen molar-refractivity contribution in [2.45, 2.75) is 19.4 Å². The molecule has 7 nitrogen and oxygen atoms in total. The van der Waals surface area contributed by atoms with Crippen LogP contribution in [0, 0.1) is 5.92 Å². The van der Waals surface area contributed by atoms with E-state index < -0.39 is 0 Å². The fourth-order valence-corrected chi connectivity index (χ4v) is 3.26. The lowest BCUT2D eigenvalue weighted by Crippen LogP contribution is -2.34. The number of aryl methyl sites for hydroxylation is 1. The van der Waals surface area contributed by atoms with E-state index in [-0.39, 0.29) is 12.0 Å². The van der Waals surface area contributed by atoms with E-state index in [0.29, 0.717) is 36.4 Å². The Morgan fingerprint density at radius 2 is 2.22 bits per heavy atom. The predicted molar refractivity (Wildman–Crippen MR) is 102 cm³/mol. The number of hydrogen-bond acceptors (Lipinski definition) is 5. The van der Waals surface area contributed by atoms with Crippen molar-refractivity contribution in [2.75, 3.05) is 18.5 Å². The Bertz CT molecular complexity index is 955. The highest BCUT2D eigenvalue weighted by Crippen LogP contribution is 2.30. The summed E-state index contributed by atoms with van der Waals surface area (Å²) in [5.41, 5.74) is 1.95. The molecule has 0 aliphatic carbocycles. The van der Waals surface area contributed by atoms with Crippen molar-refractivity contribution in [3.63, 3.8) is 0 Å². The number of fused-ring (bicyclic) bond motifs is 1. The monoisotopic (exact) mass is 366 g/mol. The lowest BCUT2D eigenvalue weighted by molar-refractivity contribution is -0.0177. The van der Waals surface area contributed by atoms with Crippen LogP contribution in [0.1, 0.15) is 23.8 Å². The van der Waals surface area contributed by atoms with Gasteiger partial charge in [-0.15, -0.1) is 5.10 Å². The Kier molecular flexibility index (Phi) is 4.77. The van der Waals surface area contributed by atoms with Gasteiger partial charge in [0.05, 0.1) is 24.1 Å². The van der Waals surface area contributed by atoms with Crippen LogP contribution in [-0.2, 0) is 11.8 Å². The number of ether oxygens (including phenoxy) is 2. The summed E-state index contributed by atoms with van der Waals surface area (Å²) in [6.45, 7) is 3.54. The molecule has 0 saturated carbocycles. The van der Waals surface area contributed by atoms with Crippen molar-refractivity contribution in [2.24, 2.45) is 13.0 Å². The molecule has 2 aromatic heterocycles. The third-order valence-electron chi connectivity index (χ3n) is 4.80. The number of hydrogen-bond donors (Lipinski definition) is 1. The molecule has 1 saturated heterocycles.